The van der Waals surface area contributed by atoms with Gasteiger partial charge in [0, 0.05) is 12.6 Å². The zero-order valence-corrected chi connectivity index (χ0v) is 7.62. The van der Waals surface area contributed by atoms with Gasteiger partial charge in [-0.05, 0) is 12.1 Å². The van der Waals surface area contributed by atoms with E-state index in [0.29, 0.717) is 17.3 Å². The highest BCUT2D eigenvalue weighted by Gasteiger charge is 2.08. The van der Waals surface area contributed by atoms with E-state index in [1.807, 2.05) is 0 Å². The van der Waals surface area contributed by atoms with Crippen molar-refractivity contribution in [2.24, 2.45) is 0 Å². The molecule has 1 aromatic carbocycles. The molecule has 72 valence electrons. The van der Waals surface area contributed by atoms with Gasteiger partial charge in [-0.3, -0.25) is 0 Å². The van der Waals surface area contributed by atoms with E-state index >= 15 is 0 Å². The number of anilines is 1. The zero-order valence-electron chi connectivity index (χ0n) is 7.62. The molecule has 0 radical (unpaired) electrons. The topological polar surface area (TPSA) is 38.1 Å². The SMILES string of the molecule is CNc1nc(-c2ccccc2F)co1. The van der Waals surface area contributed by atoms with Crippen LogP contribution in [-0.4, -0.2) is 12.0 Å². The van der Waals surface area contributed by atoms with Gasteiger partial charge >= 0.3 is 0 Å². The summed E-state index contributed by atoms with van der Waals surface area (Å²) in [5.74, 6) is -0.302. The van der Waals surface area contributed by atoms with Crippen LogP contribution in [0.5, 0.6) is 0 Å². The molecule has 4 heteroatoms. The summed E-state index contributed by atoms with van der Waals surface area (Å²) in [5.41, 5.74) is 0.935. The molecule has 0 amide bonds. The molecule has 0 atom stereocenters. The number of halogens is 1. The Labute approximate surface area is 80.6 Å². The second-order valence-electron chi connectivity index (χ2n) is 2.77. The maximum atomic E-state index is 13.3. The van der Waals surface area contributed by atoms with E-state index in [2.05, 4.69) is 10.3 Å². The summed E-state index contributed by atoms with van der Waals surface area (Å²) in [6.45, 7) is 0. The molecule has 0 bridgehead atoms. The molecule has 0 unspecified atom stereocenters. The number of hydrogen-bond acceptors (Lipinski definition) is 3. The van der Waals surface area contributed by atoms with Crippen molar-refractivity contribution in [3.05, 3.63) is 36.3 Å². The predicted octanol–water partition coefficient (Wildman–Crippen LogP) is 2.52. The van der Waals surface area contributed by atoms with Crippen LogP contribution in [0.3, 0.4) is 0 Å². The highest BCUT2D eigenvalue weighted by Crippen LogP contribution is 2.22. The number of aromatic nitrogens is 1. The van der Waals surface area contributed by atoms with Crippen molar-refractivity contribution in [3.8, 4) is 11.3 Å². The molecule has 0 fully saturated rings. The molecule has 2 aromatic rings. The lowest BCUT2D eigenvalue weighted by Gasteiger charge is -1.95. The van der Waals surface area contributed by atoms with Crippen molar-refractivity contribution in [1.29, 1.82) is 0 Å². The van der Waals surface area contributed by atoms with E-state index in [4.69, 9.17) is 4.42 Å². The van der Waals surface area contributed by atoms with E-state index in [0.717, 1.165) is 0 Å². The van der Waals surface area contributed by atoms with Gasteiger partial charge in [-0.2, -0.15) is 4.98 Å². The molecular formula is C10H9FN2O. The fourth-order valence-electron chi connectivity index (χ4n) is 1.18. The van der Waals surface area contributed by atoms with Crippen LogP contribution in [0.25, 0.3) is 11.3 Å². The van der Waals surface area contributed by atoms with Crippen LogP contribution in [0.4, 0.5) is 10.4 Å². The Kier molecular flexibility index (Phi) is 2.18. The van der Waals surface area contributed by atoms with Crippen molar-refractivity contribution in [3.63, 3.8) is 0 Å². The Hall–Kier alpha value is -1.84. The summed E-state index contributed by atoms with van der Waals surface area (Å²) in [6.07, 6.45) is 1.42. The fourth-order valence-corrected chi connectivity index (χ4v) is 1.18. The van der Waals surface area contributed by atoms with Crippen molar-refractivity contribution in [1.82, 2.24) is 4.98 Å². The van der Waals surface area contributed by atoms with Crippen LogP contribution in [0.1, 0.15) is 0 Å². The van der Waals surface area contributed by atoms with E-state index in [1.165, 1.54) is 12.3 Å². The molecule has 0 aliphatic carbocycles. The minimum atomic E-state index is -0.302. The molecule has 1 heterocycles. The highest BCUT2D eigenvalue weighted by atomic mass is 19.1. The first-order valence-corrected chi connectivity index (χ1v) is 4.19. The fraction of sp³-hybridized carbons (Fsp3) is 0.100. The molecule has 3 nitrogen and oxygen atoms in total. The Morgan fingerprint density at radius 2 is 2.14 bits per heavy atom. The van der Waals surface area contributed by atoms with Gasteiger partial charge in [-0.25, -0.2) is 4.39 Å². The third-order valence-corrected chi connectivity index (χ3v) is 1.87. The van der Waals surface area contributed by atoms with Gasteiger partial charge in [0.2, 0.25) is 0 Å². The average Bonchev–Trinajstić information content (AvgIpc) is 2.67. The van der Waals surface area contributed by atoms with Gasteiger partial charge < -0.3 is 9.73 Å². The van der Waals surface area contributed by atoms with Gasteiger partial charge in [-0.1, -0.05) is 12.1 Å². The smallest absolute Gasteiger partial charge is 0.294 e. The first-order chi connectivity index (χ1) is 6.81. The van der Waals surface area contributed by atoms with Crippen molar-refractivity contribution in [2.75, 3.05) is 12.4 Å². The number of rotatable bonds is 2. The Bertz CT molecular complexity index is 439. The van der Waals surface area contributed by atoms with Crippen LogP contribution >= 0.6 is 0 Å². The molecule has 0 saturated heterocycles. The Morgan fingerprint density at radius 1 is 1.36 bits per heavy atom. The molecule has 0 spiro atoms. The average molecular weight is 192 g/mol. The number of benzene rings is 1. The number of nitrogens with one attached hydrogen (secondary N) is 1. The van der Waals surface area contributed by atoms with Crippen molar-refractivity contribution >= 4 is 6.01 Å². The third-order valence-electron chi connectivity index (χ3n) is 1.87. The summed E-state index contributed by atoms with van der Waals surface area (Å²) in [5, 5.41) is 2.74. The quantitative estimate of drug-likeness (QED) is 0.794. The highest BCUT2D eigenvalue weighted by molar-refractivity contribution is 5.59. The lowest BCUT2D eigenvalue weighted by atomic mass is 10.1. The van der Waals surface area contributed by atoms with Crippen LogP contribution < -0.4 is 5.32 Å². The third kappa shape index (κ3) is 1.46. The van der Waals surface area contributed by atoms with Crippen LogP contribution in [0, 0.1) is 5.82 Å². The maximum Gasteiger partial charge on any atom is 0.294 e. The predicted molar refractivity (Wildman–Crippen MR) is 51.4 cm³/mol. The second kappa shape index (κ2) is 3.49. The molecule has 1 aromatic heterocycles. The van der Waals surface area contributed by atoms with Crippen molar-refractivity contribution < 1.29 is 8.81 Å². The molecule has 0 aliphatic rings. The van der Waals surface area contributed by atoms with Gasteiger partial charge in [0.15, 0.2) is 0 Å². The molecule has 2 rings (SSSR count). The normalized spacial score (nSPS) is 10.1. The minimum Gasteiger partial charge on any atom is -0.432 e. The van der Waals surface area contributed by atoms with Gasteiger partial charge in [0.25, 0.3) is 6.01 Å². The lowest BCUT2D eigenvalue weighted by Crippen LogP contribution is -1.88. The van der Waals surface area contributed by atoms with E-state index in [1.54, 1.807) is 25.2 Å². The van der Waals surface area contributed by atoms with E-state index in [-0.39, 0.29) is 5.82 Å². The minimum absolute atomic E-state index is 0.302. The number of hydrogen-bond donors (Lipinski definition) is 1. The number of nitrogens with zero attached hydrogens (tertiary/aromatic N) is 1. The monoisotopic (exact) mass is 192 g/mol. The van der Waals surface area contributed by atoms with Crippen LogP contribution in [0.2, 0.25) is 0 Å². The van der Waals surface area contributed by atoms with Gasteiger partial charge in [0.05, 0.1) is 0 Å². The zero-order chi connectivity index (χ0) is 9.97. The van der Waals surface area contributed by atoms with Crippen LogP contribution in [0.15, 0.2) is 34.9 Å². The van der Waals surface area contributed by atoms with Crippen LogP contribution in [-0.2, 0) is 0 Å². The lowest BCUT2D eigenvalue weighted by molar-refractivity contribution is 0.575. The molecule has 14 heavy (non-hydrogen) atoms. The van der Waals surface area contributed by atoms with Gasteiger partial charge in [0.1, 0.15) is 17.8 Å². The summed E-state index contributed by atoms with van der Waals surface area (Å²) in [6, 6.07) is 6.82. The van der Waals surface area contributed by atoms with E-state index < -0.39 is 0 Å². The maximum absolute atomic E-state index is 13.3. The van der Waals surface area contributed by atoms with Crippen molar-refractivity contribution in [2.45, 2.75) is 0 Å². The first kappa shape index (κ1) is 8.74. The summed E-state index contributed by atoms with van der Waals surface area (Å²) >= 11 is 0. The Balaban J connectivity index is 2.44. The largest absolute Gasteiger partial charge is 0.432 e. The van der Waals surface area contributed by atoms with Gasteiger partial charge in [-0.15, -0.1) is 0 Å². The molecule has 0 saturated carbocycles. The first-order valence-electron chi connectivity index (χ1n) is 4.19. The summed E-state index contributed by atoms with van der Waals surface area (Å²) in [7, 11) is 1.69. The number of oxazole rings is 1. The van der Waals surface area contributed by atoms with E-state index in [9.17, 15) is 4.39 Å². The Morgan fingerprint density at radius 3 is 2.79 bits per heavy atom. The molecular weight excluding hydrogens is 183 g/mol. The second-order valence-corrected chi connectivity index (χ2v) is 2.77. The molecule has 0 aliphatic heterocycles. The summed E-state index contributed by atoms with van der Waals surface area (Å²) in [4.78, 5) is 4.04. The molecule has 1 N–H and O–H groups in total. The summed E-state index contributed by atoms with van der Waals surface area (Å²) < 4.78 is 18.3. The standard InChI is InChI=1S/C10H9FN2O/c1-12-10-13-9(6-14-10)7-4-2-3-5-8(7)11/h2-6H,1H3,(H,12,13).